The Morgan fingerprint density at radius 1 is 1.05 bits per heavy atom. The van der Waals surface area contributed by atoms with Gasteiger partial charge in [0.2, 0.25) is 5.91 Å². The van der Waals surface area contributed by atoms with E-state index in [1.165, 1.54) is 21.0 Å². The molecule has 2 N–H and O–H groups in total. The average Bonchev–Trinajstić information content (AvgIpc) is 2.52. The standard InChI is InChI=1S/C15H20N2O5/c1-10(13(18)16-11(2)14(19)21-3)17-15(20)22-9-12-7-5-4-6-8-12/h4-8,10-11H,9H2,1-3H3,(H,16,18)(H,17,20)/t10-,11-/m0/s1. The summed E-state index contributed by atoms with van der Waals surface area (Å²) in [5.41, 5.74) is 0.842. The number of alkyl carbamates (subject to hydrolysis) is 1. The van der Waals surface area contributed by atoms with Gasteiger partial charge in [0.25, 0.3) is 0 Å². The number of nitrogens with one attached hydrogen (secondary N) is 2. The molecule has 2 amide bonds. The van der Waals surface area contributed by atoms with E-state index in [0.29, 0.717) is 0 Å². The van der Waals surface area contributed by atoms with E-state index in [4.69, 9.17) is 4.74 Å². The minimum atomic E-state index is -0.838. The van der Waals surface area contributed by atoms with Crippen LogP contribution >= 0.6 is 0 Å². The third kappa shape index (κ3) is 5.82. The molecule has 0 aliphatic heterocycles. The Morgan fingerprint density at radius 2 is 1.68 bits per heavy atom. The lowest BCUT2D eigenvalue weighted by atomic mass is 10.2. The van der Waals surface area contributed by atoms with E-state index in [0.717, 1.165) is 5.56 Å². The van der Waals surface area contributed by atoms with Gasteiger partial charge < -0.3 is 20.1 Å². The number of esters is 1. The molecular weight excluding hydrogens is 288 g/mol. The van der Waals surface area contributed by atoms with Gasteiger partial charge in [-0.25, -0.2) is 9.59 Å². The van der Waals surface area contributed by atoms with Gasteiger partial charge in [-0.3, -0.25) is 4.79 Å². The van der Waals surface area contributed by atoms with Gasteiger partial charge in [0.05, 0.1) is 7.11 Å². The molecule has 0 radical (unpaired) electrons. The molecule has 0 saturated carbocycles. The number of carbonyl (C=O) groups excluding carboxylic acids is 3. The van der Waals surface area contributed by atoms with Gasteiger partial charge in [-0.15, -0.1) is 0 Å². The second kappa shape index (κ2) is 8.66. The van der Waals surface area contributed by atoms with E-state index in [1.54, 1.807) is 0 Å². The van der Waals surface area contributed by atoms with E-state index in [-0.39, 0.29) is 6.61 Å². The number of rotatable bonds is 6. The number of ether oxygens (including phenoxy) is 2. The van der Waals surface area contributed by atoms with Crippen LogP contribution in [0.1, 0.15) is 19.4 Å². The predicted molar refractivity (Wildman–Crippen MR) is 78.8 cm³/mol. The zero-order valence-corrected chi connectivity index (χ0v) is 12.8. The van der Waals surface area contributed by atoms with Crippen LogP contribution < -0.4 is 10.6 Å². The Labute approximate surface area is 129 Å². The Balaban J connectivity index is 2.37. The topological polar surface area (TPSA) is 93.7 Å². The van der Waals surface area contributed by atoms with Gasteiger partial charge in [0.15, 0.2) is 0 Å². The molecule has 0 saturated heterocycles. The van der Waals surface area contributed by atoms with Gasteiger partial charge in [-0.1, -0.05) is 30.3 Å². The lowest BCUT2D eigenvalue weighted by molar-refractivity contribution is -0.144. The highest BCUT2D eigenvalue weighted by Gasteiger charge is 2.21. The maximum absolute atomic E-state index is 11.8. The van der Waals surface area contributed by atoms with Crippen molar-refractivity contribution in [1.29, 1.82) is 0 Å². The molecule has 0 bridgehead atoms. The molecule has 0 aliphatic carbocycles. The molecule has 1 rings (SSSR count). The molecule has 120 valence electrons. The highest BCUT2D eigenvalue weighted by molar-refractivity contribution is 5.89. The zero-order chi connectivity index (χ0) is 16.5. The van der Waals surface area contributed by atoms with Crippen molar-refractivity contribution in [3.8, 4) is 0 Å². The van der Waals surface area contributed by atoms with Crippen LogP contribution in [0.15, 0.2) is 30.3 Å². The fourth-order valence-electron chi connectivity index (χ4n) is 1.58. The third-order valence-electron chi connectivity index (χ3n) is 2.85. The van der Waals surface area contributed by atoms with E-state index in [2.05, 4.69) is 15.4 Å². The van der Waals surface area contributed by atoms with E-state index in [9.17, 15) is 14.4 Å². The maximum Gasteiger partial charge on any atom is 0.408 e. The fourth-order valence-corrected chi connectivity index (χ4v) is 1.58. The molecule has 0 spiro atoms. The minimum absolute atomic E-state index is 0.111. The van der Waals surface area contributed by atoms with E-state index < -0.39 is 30.1 Å². The summed E-state index contributed by atoms with van der Waals surface area (Å²) < 4.78 is 9.50. The quantitative estimate of drug-likeness (QED) is 0.764. The Kier molecular flexibility index (Phi) is 6.88. The van der Waals surface area contributed by atoms with Crippen molar-refractivity contribution in [3.63, 3.8) is 0 Å². The third-order valence-corrected chi connectivity index (χ3v) is 2.85. The van der Waals surface area contributed by atoms with Crippen molar-refractivity contribution in [3.05, 3.63) is 35.9 Å². The molecule has 0 aromatic heterocycles. The van der Waals surface area contributed by atoms with E-state index in [1.807, 2.05) is 30.3 Å². The highest BCUT2D eigenvalue weighted by atomic mass is 16.5. The molecular formula is C15H20N2O5. The minimum Gasteiger partial charge on any atom is -0.467 e. The fraction of sp³-hybridized carbons (Fsp3) is 0.400. The summed E-state index contributed by atoms with van der Waals surface area (Å²) >= 11 is 0. The van der Waals surface area contributed by atoms with Gasteiger partial charge in [-0.05, 0) is 19.4 Å². The first-order valence-corrected chi connectivity index (χ1v) is 6.79. The second-order valence-electron chi connectivity index (χ2n) is 4.68. The first-order chi connectivity index (χ1) is 10.4. The van der Waals surface area contributed by atoms with Crippen molar-refractivity contribution in [2.24, 2.45) is 0 Å². The predicted octanol–water partition coefficient (Wildman–Crippen LogP) is 0.979. The summed E-state index contributed by atoms with van der Waals surface area (Å²) in [6.07, 6.45) is -0.711. The van der Waals surface area contributed by atoms with Gasteiger partial charge >= 0.3 is 12.1 Å². The second-order valence-corrected chi connectivity index (χ2v) is 4.68. The number of hydrogen-bond donors (Lipinski definition) is 2. The smallest absolute Gasteiger partial charge is 0.408 e. The molecule has 22 heavy (non-hydrogen) atoms. The SMILES string of the molecule is COC(=O)[C@H](C)NC(=O)[C@H](C)NC(=O)OCc1ccccc1. The van der Waals surface area contributed by atoms with Gasteiger partial charge in [-0.2, -0.15) is 0 Å². The summed E-state index contributed by atoms with van der Waals surface area (Å²) in [5.74, 6) is -1.07. The van der Waals surface area contributed by atoms with Crippen LogP contribution in [0.2, 0.25) is 0 Å². The first-order valence-electron chi connectivity index (χ1n) is 6.79. The van der Waals surface area contributed by atoms with Gasteiger partial charge in [0.1, 0.15) is 18.7 Å². The largest absolute Gasteiger partial charge is 0.467 e. The summed E-state index contributed by atoms with van der Waals surface area (Å²) in [7, 11) is 1.23. The molecule has 7 heteroatoms. The number of amides is 2. The van der Waals surface area contributed by atoms with Crippen LogP contribution in [-0.4, -0.2) is 37.2 Å². The summed E-state index contributed by atoms with van der Waals surface area (Å²) in [6, 6.07) is 7.54. The molecule has 1 aromatic rings. The molecule has 2 atom stereocenters. The van der Waals surface area contributed by atoms with Crippen LogP contribution in [0.3, 0.4) is 0 Å². The number of hydrogen-bond acceptors (Lipinski definition) is 5. The lowest BCUT2D eigenvalue weighted by Gasteiger charge is -2.17. The van der Waals surface area contributed by atoms with Crippen molar-refractivity contribution < 1.29 is 23.9 Å². The highest BCUT2D eigenvalue weighted by Crippen LogP contribution is 2.00. The molecule has 0 unspecified atom stereocenters. The normalized spacial score (nSPS) is 12.7. The summed E-state index contributed by atoms with van der Waals surface area (Å²) in [5, 5.41) is 4.81. The van der Waals surface area contributed by atoms with E-state index >= 15 is 0 Å². The molecule has 1 aromatic carbocycles. The zero-order valence-electron chi connectivity index (χ0n) is 12.8. The molecule has 7 nitrogen and oxygen atoms in total. The summed E-state index contributed by atoms with van der Waals surface area (Å²) in [4.78, 5) is 34.6. The Morgan fingerprint density at radius 3 is 2.27 bits per heavy atom. The van der Waals surface area contributed by atoms with Crippen LogP contribution in [0.25, 0.3) is 0 Å². The van der Waals surface area contributed by atoms with Crippen LogP contribution in [-0.2, 0) is 25.7 Å². The Bertz CT molecular complexity index is 518. The Hall–Kier alpha value is -2.57. The van der Waals surface area contributed by atoms with Crippen LogP contribution in [0, 0.1) is 0 Å². The number of benzene rings is 1. The molecule has 0 heterocycles. The number of carbonyl (C=O) groups is 3. The lowest BCUT2D eigenvalue weighted by Crippen LogP contribution is -2.49. The van der Waals surface area contributed by atoms with Gasteiger partial charge in [0, 0.05) is 0 Å². The first kappa shape index (κ1) is 17.5. The maximum atomic E-state index is 11.8. The molecule has 0 fully saturated rings. The molecule has 0 aliphatic rings. The van der Waals surface area contributed by atoms with Crippen molar-refractivity contribution in [2.75, 3.05) is 7.11 Å². The van der Waals surface area contributed by atoms with Crippen LogP contribution in [0.5, 0.6) is 0 Å². The van der Waals surface area contributed by atoms with Crippen molar-refractivity contribution in [2.45, 2.75) is 32.5 Å². The van der Waals surface area contributed by atoms with Crippen LogP contribution in [0.4, 0.5) is 4.79 Å². The average molecular weight is 308 g/mol. The summed E-state index contributed by atoms with van der Waals surface area (Å²) in [6.45, 7) is 3.09. The number of methoxy groups -OCH3 is 1. The monoisotopic (exact) mass is 308 g/mol. The van der Waals surface area contributed by atoms with Crippen molar-refractivity contribution in [1.82, 2.24) is 10.6 Å². The van der Waals surface area contributed by atoms with Crippen molar-refractivity contribution >= 4 is 18.0 Å².